The van der Waals surface area contributed by atoms with E-state index in [0.717, 1.165) is 5.56 Å². The minimum absolute atomic E-state index is 0.0952. The highest BCUT2D eigenvalue weighted by Crippen LogP contribution is 2.25. The van der Waals surface area contributed by atoms with Crippen LogP contribution in [0.5, 0.6) is 0 Å². The van der Waals surface area contributed by atoms with Gasteiger partial charge in [0.2, 0.25) is 0 Å². The molecule has 0 aliphatic carbocycles. The predicted octanol–water partition coefficient (Wildman–Crippen LogP) is 3.94. The number of hydrogen-bond donors (Lipinski definition) is 1. The van der Waals surface area contributed by atoms with Crippen molar-refractivity contribution in [3.8, 4) is 10.8 Å². The quantitative estimate of drug-likeness (QED) is 0.587. The fourth-order valence-electron chi connectivity index (χ4n) is 2.23. The van der Waals surface area contributed by atoms with Crippen molar-refractivity contribution < 1.29 is 14.3 Å². The van der Waals surface area contributed by atoms with Gasteiger partial charge in [0.1, 0.15) is 0 Å². The Kier molecular flexibility index (Phi) is 6.56. The highest BCUT2D eigenvalue weighted by molar-refractivity contribution is 7.13. The maximum atomic E-state index is 12.1. The van der Waals surface area contributed by atoms with Crippen molar-refractivity contribution in [3.05, 3.63) is 63.3 Å². The SMILES string of the molecule is CC(NC(=O)COC(=O)c1csc(-c2ncccn2)n1)c1ccc(Cl)c(Cl)c1. The third-order valence-electron chi connectivity index (χ3n) is 3.63. The lowest BCUT2D eigenvalue weighted by molar-refractivity contribution is -0.124. The zero-order valence-electron chi connectivity index (χ0n) is 14.6. The summed E-state index contributed by atoms with van der Waals surface area (Å²) in [4.78, 5) is 36.4. The molecule has 3 aromatic rings. The molecule has 1 aromatic carbocycles. The summed E-state index contributed by atoms with van der Waals surface area (Å²) in [6, 6.07) is 6.43. The van der Waals surface area contributed by atoms with Gasteiger partial charge in [0, 0.05) is 17.8 Å². The van der Waals surface area contributed by atoms with Crippen LogP contribution in [-0.4, -0.2) is 33.4 Å². The first kappa shape index (κ1) is 20.2. The number of aromatic nitrogens is 3. The number of hydrogen-bond acceptors (Lipinski definition) is 7. The average Bonchev–Trinajstić information content (AvgIpc) is 3.19. The van der Waals surface area contributed by atoms with Gasteiger partial charge in [-0.05, 0) is 30.7 Å². The number of nitrogens with zero attached hydrogens (tertiary/aromatic N) is 3. The van der Waals surface area contributed by atoms with E-state index in [1.165, 1.54) is 16.7 Å². The minimum Gasteiger partial charge on any atom is -0.451 e. The second-order valence-corrected chi connectivity index (χ2v) is 7.32. The van der Waals surface area contributed by atoms with Gasteiger partial charge >= 0.3 is 5.97 Å². The Bertz CT molecular complexity index is 998. The van der Waals surface area contributed by atoms with Crippen LogP contribution in [0.1, 0.15) is 29.0 Å². The second kappa shape index (κ2) is 9.09. The van der Waals surface area contributed by atoms with Crippen molar-refractivity contribution in [2.75, 3.05) is 6.61 Å². The summed E-state index contributed by atoms with van der Waals surface area (Å²) < 4.78 is 5.02. The van der Waals surface area contributed by atoms with Crippen LogP contribution in [-0.2, 0) is 9.53 Å². The van der Waals surface area contributed by atoms with Crippen LogP contribution >= 0.6 is 34.5 Å². The molecule has 0 bridgehead atoms. The molecule has 0 saturated heterocycles. The van der Waals surface area contributed by atoms with Crippen molar-refractivity contribution in [3.63, 3.8) is 0 Å². The lowest BCUT2D eigenvalue weighted by atomic mass is 10.1. The number of carbonyl (C=O) groups is 2. The van der Waals surface area contributed by atoms with Gasteiger partial charge in [0.25, 0.3) is 5.91 Å². The summed E-state index contributed by atoms with van der Waals surface area (Å²) in [7, 11) is 0. The first-order valence-corrected chi connectivity index (χ1v) is 9.72. The second-order valence-electron chi connectivity index (χ2n) is 5.65. The van der Waals surface area contributed by atoms with Crippen molar-refractivity contribution in [1.29, 1.82) is 0 Å². The third-order valence-corrected chi connectivity index (χ3v) is 5.20. The predicted molar refractivity (Wildman–Crippen MR) is 106 cm³/mol. The molecular formula is C18H14Cl2N4O3S. The molecule has 7 nitrogen and oxygen atoms in total. The van der Waals surface area contributed by atoms with Crippen LogP contribution in [0, 0.1) is 0 Å². The fourth-order valence-corrected chi connectivity index (χ4v) is 3.27. The van der Waals surface area contributed by atoms with E-state index in [0.29, 0.717) is 20.9 Å². The van der Waals surface area contributed by atoms with E-state index in [1.54, 1.807) is 43.6 Å². The molecule has 10 heteroatoms. The molecule has 1 atom stereocenters. The van der Waals surface area contributed by atoms with Gasteiger partial charge in [-0.3, -0.25) is 4.79 Å². The average molecular weight is 437 g/mol. The van der Waals surface area contributed by atoms with Gasteiger partial charge in [0.05, 0.1) is 16.1 Å². The first-order valence-electron chi connectivity index (χ1n) is 8.08. The molecular weight excluding hydrogens is 423 g/mol. The monoisotopic (exact) mass is 436 g/mol. The number of rotatable bonds is 6. The first-order chi connectivity index (χ1) is 13.4. The normalized spacial score (nSPS) is 11.7. The van der Waals surface area contributed by atoms with E-state index in [4.69, 9.17) is 27.9 Å². The van der Waals surface area contributed by atoms with E-state index in [9.17, 15) is 9.59 Å². The van der Waals surface area contributed by atoms with Gasteiger partial charge in [-0.2, -0.15) is 0 Å². The summed E-state index contributed by atoms with van der Waals surface area (Å²) in [6.07, 6.45) is 3.17. The molecule has 2 heterocycles. The highest BCUT2D eigenvalue weighted by atomic mass is 35.5. The Morgan fingerprint density at radius 3 is 2.68 bits per heavy atom. The summed E-state index contributed by atoms with van der Waals surface area (Å²) in [5, 5.41) is 5.58. The van der Waals surface area contributed by atoms with Gasteiger partial charge in [-0.15, -0.1) is 11.3 Å². The Morgan fingerprint density at radius 1 is 1.21 bits per heavy atom. The number of thiazole rings is 1. The Morgan fingerprint density at radius 2 is 1.96 bits per heavy atom. The van der Waals surface area contributed by atoms with Gasteiger partial charge in [0.15, 0.2) is 23.1 Å². The van der Waals surface area contributed by atoms with Crippen molar-refractivity contribution in [2.24, 2.45) is 0 Å². The summed E-state index contributed by atoms with van der Waals surface area (Å²) in [5.74, 6) is -0.732. The zero-order valence-corrected chi connectivity index (χ0v) is 16.9. The number of esters is 1. The smallest absolute Gasteiger partial charge is 0.358 e. The number of ether oxygens (including phenoxy) is 1. The van der Waals surface area contributed by atoms with Gasteiger partial charge in [-0.1, -0.05) is 29.3 Å². The Hall–Kier alpha value is -2.55. The van der Waals surface area contributed by atoms with E-state index < -0.39 is 18.5 Å². The molecule has 0 radical (unpaired) electrons. The van der Waals surface area contributed by atoms with E-state index in [-0.39, 0.29) is 11.7 Å². The maximum absolute atomic E-state index is 12.1. The largest absolute Gasteiger partial charge is 0.451 e. The molecule has 1 amide bonds. The number of halogens is 2. The van der Waals surface area contributed by atoms with Gasteiger partial charge in [-0.25, -0.2) is 19.7 Å². The topological polar surface area (TPSA) is 94.1 Å². The van der Waals surface area contributed by atoms with Crippen LogP contribution < -0.4 is 5.32 Å². The lowest BCUT2D eigenvalue weighted by Gasteiger charge is -2.15. The molecule has 3 rings (SSSR count). The van der Waals surface area contributed by atoms with E-state index in [1.807, 2.05) is 0 Å². The number of amides is 1. The highest BCUT2D eigenvalue weighted by Gasteiger charge is 2.17. The molecule has 1 unspecified atom stereocenters. The van der Waals surface area contributed by atoms with Crippen LogP contribution in [0.15, 0.2) is 42.0 Å². The molecule has 0 saturated carbocycles. The molecule has 2 aromatic heterocycles. The molecule has 0 spiro atoms. The standard InChI is InChI=1S/C18H14Cl2N4O3S/c1-10(11-3-4-12(19)13(20)7-11)23-15(25)8-27-18(26)14-9-28-17(24-14)16-21-5-2-6-22-16/h2-7,9-10H,8H2,1H3,(H,23,25). The zero-order chi connectivity index (χ0) is 20.1. The third kappa shape index (κ3) is 5.03. The molecule has 28 heavy (non-hydrogen) atoms. The summed E-state index contributed by atoms with van der Waals surface area (Å²) in [6.45, 7) is 1.35. The summed E-state index contributed by atoms with van der Waals surface area (Å²) in [5.41, 5.74) is 0.874. The van der Waals surface area contributed by atoms with E-state index >= 15 is 0 Å². The molecule has 0 fully saturated rings. The number of benzene rings is 1. The Balaban J connectivity index is 1.53. The molecule has 144 valence electrons. The molecule has 1 N–H and O–H groups in total. The van der Waals surface area contributed by atoms with Crippen LogP contribution in [0.25, 0.3) is 10.8 Å². The molecule has 0 aliphatic rings. The minimum atomic E-state index is -0.698. The van der Waals surface area contributed by atoms with Crippen LogP contribution in [0.4, 0.5) is 0 Å². The Labute approximate surface area is 174 Å². The lowest BCUT2D eigenvalue weighted by Crippen LogP contribution is -2.31. The number of carbonyl (C=O) groups excluding carboxylic acids is 2. The fraction of sp³-hybridized carbons (Fsp3) is 0.167. The van der Waals surface area contributed by atoms with Gasteiger partial charge < -0.3 is 10.1 Å². The van der Waals surface area contributed by atoms with Crippen LogP contribution in [0.3, 0.4) is 0 Å². The maximum Gasteiger partial charge on any atom is 0.358 e. The van der Waals surface area contributed by atoms with E-state index in [2.05, 4.69) is 20.3 Å². The van der Waals surface area contributed by atoms with Crippen molar-refractivity contribution in [1.82, 2.24) is 20.3 Å². The summed E-state index contributed by atoms with van der Waals surface area (Å²) >= 11 is 13.1. The van der Waals surface area contributed by atoms with Crippen molar-refractivity contribution >= 4 is 46.4 Å². The van der Waals surface area contributed by atoms with Crippen molar-refractivity contribution in [2.45, 2.75) is 13.0 Å². The number of nitrogens with one attached hydrogen (secondary N) is 1. The molecule has 0 aliphatic heterocycles. The van der Waals surface area contributed by atoms with Crippen LogP contribution in [0.2, 0.25) is 10.0 Å².